The van der Waals surface area contributed by atoms with Crippen LogP contribution in [0.4, 0.5) is 5.69 Å². The number of hydrogen-bond acceptors (Lipinski definition) is 5. The van der Waals surface area contributed by atoms with Crippen LogP contribution in [-0.4, -0.2) is 0 Å². The maximum atomic E-state index is 11.5. The summed E-state index contributed by atoms with van der Waals surface area (Å²) in [7, 11) is 0. The second kappa shape index (κ2) is 6.73. The molecule has 18 heavy (non-hydrogen) atoms. The van der Waals surface area contributed by atoms with Gasteiger partial charge in [-0.1, -0.05) is 48.5 Å². The van der Waals surface area contributed by atoms with Gasteiger partial charge in [0.2, 0.25) is 0 Å². The van der Waals surface area contributed by atoms with E-state index in [1.165, 1.54) is 0 Å². The van der Waals surface area contributed by atoms with E-state index in [9.17, 15) is 5.21 Å². The molecular formula is C13H14N3O2-. The van der Waals surface area contributed by atoms with Crippen LogP contribution >= 0.6 is 0 Å². The second-order valence-corrected chi connectivity index (χ2v) is 3.62. The first kappa shape index (κ1) is 12.5. The first-order valence-corrected chi connectivity index (χ1v) is 5.55. The van der Waals surface area contributed by atoms with E-state index >= 15 is 0 Å². The van der Waals surface area contributed by atoms with E-state index in [-0.39, 0.29) is 0 Å². The van der Waals surface area contributed by atoms with Crippen molar-refractivity contribution in [2.24, 2.45) is 0 Å². The van der Waals surface area contributed by atoms with Crippen LogP contribution in [-0.2, 0) is 11.4 Å². The molecule has 0 unspecified atom stereocenters. The lowest BCUT2D eigenvalue weighted by molar-refractivity contribution is -0.00179. The minimum absolute atomic E-state index is 0.371. The van der Waals surface area contributed by atoms with Crippen LogP contribution in [0.1, 0.15) is 5.56 Å². The zero-order valence-electron chi connectivity index (χ0n) is 9.74. The molecule has 5 heteroatoms. The van der Waals surface area contributed by atoms with Gasteiger partial charge >= 0.3 is 0 Å². The van der Waals surface area contributed by atoms with Crippen molar-refractivity contribution < 1.29 is 4.84 Å². The van der Waals surface area contributed by atoms with Crippen molar-refractivity contribution >= 4 is 5.69 Å². The quantitative estimate of drug-likeness (QED) is 0.602. The predicted molar refractivity (Wildman–Crippen MR) is 69.8 cm³/mol. The summed E-state index contributed by atoms with van der Waals surface area (Å²) in [5.41, 5.74) is 6.28. The van der Waals surface area contributed by atoms with Gasteiger partial charge in [0, 0.05) is 5.69 Å². The van der Waals surface area contributed by atoms with Crippen LogP contribution in [0.5, 0.6) is 0 Å². The van der Waals surface area contributed by atoms with Crippen LogP contribution < -0.4 is 16.3 Å². The Morgan fingerprint density at radius 2 is 1.56 bits per heavy atom. The molecule has 0 fully saturated rings. The minimum atomic E-state index is 0.371. The van der Waals surface area contributed by atoms with E-state index in [1.807, 2.05) is 36.4 Å². The molecule has 0 saturated heterocycles. The summed E-state index contributed by atoms with van der Waals surface area (Å²) < 4.78 is 0. The minimum Gasteiger partial charge on any atom is -0.742 e. The summed E-state index contributed by atoms with van der Waals surface area (Å²) >= 11 is 0. The fraction of sp³-hybridized carbons (Fsp3) is 0.0769. The van der Waals surface area contributed by atoms with E-state index in [4.69, 9.17) is 4.84 Å². The molecule has 0 aromatic heterocycles. The van der Waals surface area contributed by atoms with Gasteiger partial charge in [-0.25, -0.2) is 0 Å². The number of benzene rings is 2. The Balaban J connectivity index is 1.70. The number of hydrazine groups is 2. The molecule has 2 aromatic rings. The van der Waals surface area contributed by atoms with E-state index in [2.05, 4.69) is 11.1 Å². The van der Waals surface area contributed by atoms with Gasteiger partial charge in [-0.2, -0.15) is 5.53 Å². The fourth-order valence-electron chi connectivity index (χ4n) is 1.40. The van der Waals surface area contributed by atoms with Gasteiger partial charge in [-0.15, -0.1) is 5.59 Å². The average Bonchev–Trinajstić information content (AvgIpc) is 2.45. The number of nitrogens with one attached hydrogen (secondary N) is 2. The standard InChI is InChI=1S/C13H14N3O2/c17-16(13-9-5-2-6-10-13)14-15-18-11-12-7-3-1-4-8-12/h1-10,14-15H,11H2/q-1. The Bertz CT molecular complexity index is 450. The van der Waals surface area contributed by atoms with E-state index in [0.29, 0.717) is 17.5 Å². The van der Waals surface area contributed by atoms with Crippen LogP contribution in [0.25, 0.3) is 0 Å². The molecule has 0 aliphatic heterocycles. The number of hydrogen-bond donors (Lipinski definition) is 2. The highest BCUT2D eigenvalue weighted by Gasteiger charge is 1.93. The molecule has 0 bridgehead atoms. The first-order chi connectivity index (χ1) is 8.86. The maximum absolute atomic E-state index is 11.5. The van der Waals surface area contributed by atoms with Crippen molar-refractivity contribution in [3.8, 4) is 0 Å². The third-order valence-corrected chi connectivity index (χ3v) is 2.29. The topological polar surface area (TPSA) is 59.6 Å². The number of nitrogens with zero attached hydrogens (tertiary/aromatic N) is 1. The largest absolute Gasteiger partial charge is 0.742 e. The van der Waals surface area contributed by atoms with E-state index < -0.39 is 0 Å². The van der Waals surface area contributed by atoms with Crippen LogP contribution in [0.2, 0.25) is 0 Å². The smallest absolute Gasteiger partial charge is 0.0950 e. The molecule has 94 valence electrons. The lowest BCUT2D eigenvalue weighted by atomic mass is 10.2. The van der Waals surface area contributed by atoms with Crippen LogP contribution in [0, 0.1) is 5.21 Å². The third kappa shape index (κ3) is 3.83. The molecule has 0 spiro atoms. The Morgan fingerprint density at radius 1 is 0.944 bits per heavy atom. The van der Waals surface area contributed by atoms with Gasteiger partial charge in [0.05, 0.1) is 6.61 Å². The SMILES string of the molecule is [O-]N(NNOCc1ccccc1)c1ccccc1. The van der Waals surface area contributed by atoms with Crippen molar-refractivity contribution in [1.82, 2.24) is 11.1 Å². The molecule has 0 aliphatic carbocycles. The van der Waals surface area contributed by atoms with E-state index in [0.717, 1.165) is 5.56 Å². The molecule has 0 amide bonds. The zero-order chi connectivity index (χ0) is 12.6. The summed E-state index contributed by atoms with van der Waals surface area (Å²) in [4.78, 5) is 5.11. The molecule has 2 rings (SSSR count). The van der Waals surface area contributed by atoms with Crippen molar-refractivity contribution in [2.75, 3.05) is 5.17 Å². The highest BCUT2D eigenvalue weighted by molar-refractivity contribution is 5.44. The summed E-state index contributed by atoms with van der Waals surface area (Å²) in [5, 5.41) is 12.1. The Labute approximate surface area is 105 Å². The number of anilines is 1. The van der Waals surface area contributed by atoms with Gasteiger partial charge in [-0.3, -0.25) is 4.84 Å². The van der Waals surface area contributed by atoms with Gasteiger partial charge in [0.15, 0.2) is 0 Å². The van der Waals surface area contributed by atoms with Crippen molar-refractivity contribution in [3.05, 3.63) is 71.4 Å². The normalized spacial score (nSPS) is 10.3. The first-order valence-electron chi connectivity index (χ1n) is 5.55. The van der Waals surface area contributed by atoms with E-state index in [1.54, 1.807) is 24.3 Å². The maximum Gasteiger partial charge on any atom is 0.0950 e. The summed E-state index contributed by atoms with van der Waals surface area (Å²) in [6.45, 7) is 0.371. The Kier molecular flexibility index (Phi) is 4.68. The molecule has 2 aromatic carbocycles. The van der Waals surface area contributed by atoms with Crippen molar-refractivity contribution in [2.45, 2.75) is 6.61 Å². The summed E-state index contributed by atoms with van der Waals surface area (Å²) in [6.07, 6.45) is 0. The average molecular weight is 244 g/mol. The molecule has 0 atom stereocenters. The molecule has 0 radical (unpaired) electrons. The Hall–Kier alpha value is -1.92. The van der Waals surface area contributed by atoms with Crippen LogP contribution in [0.15, 0.2) is 60.7 Å². The zero-order valence-corrected chi connectivity index (χ0v) is 9.74. The fourth-order valence-corrected chi connectivity index (χ4v) is 1.40. The van der Waals surface area contributed by atoms with Gasteiger partial charge in [0.1, 0.15) is 0 Å². The lowest BCUT2D eigenvalue weighted by Crippen LogP contribution is -2.43. The highest BCUT2D eigenvalue weighted by atomic mass is 16.7. The van der Waals surface area contributed by atoms with Crippen LogP contribution in [0.3, 0.4) is 0 Å². The molecular weight excluding hydrogens is 230 g/mol. The predicted octanol–water partition coefficient (Wildman–Crippen LogP) is 2.13. The second-order valence-electron chi connectivity index (χ2n) is 3.62. The summed E-state index contributed by atoms with van der Waals surface area (Å²) in [6, 6.07) is 18.5. The Morgan fingerprint density at radius 3 is 2.22 bits per heavy atom. The van der Waals surface area contributed by atoms with Gasteiger partial charge in [0.25, 0.3) is 0 Å². The summed E-state index contributed by atoms with van der Waals surface area (Å²) in [5.74, 6) is 0. The monoisotopic (exact) mass is 244 g/mol. The molecule has 0 saturated carbocycles. The molecule has 2 N–H and O–H groups in total. The number of para-hydroxylation sites is 1. The molecule has 0 heterocycles. The highest BCUT2D eigenvalue weighted by Crippen LogP contribution is 2.08. The molecule has 5 nitrogen and oxygen atoms in total. The van der Waals surface area contributed by atoms with Crippen molar-refractivity contribution in [1.29, 1.82) is 0 Å². The lowest BCUT2D eigenvalue weighted by Gasteiger charge is -2.30. The van der Waals surface area contributed by atoms with Crippen molar-refractivity contribution in [3.63, 3.8) is 0 Å². The number of rotatable bonds is 6. The van der Waals surface area contributed by atoms with Gasteiger partial charge in [-0.05, 0) is 17.7 Å². The third-order valence-electron chi connectivity index (χ3n) is 2.29. The van der Waals surface area contributed by atoms with Gasteiger partial charge < -0.3 is 10.4 Å². The molecule has 0 aliphatic rings.